The van der Waals surface area contributed by atoms with Crippen molar-refractivity contribution in [2.45, 2.75) is 18.9 Å². The van der Waals surface area contributed by atoms with Crippen molar-refractivity contribution in [1.29, 1.82) is 0 Å². The molecule has 1 atom stereocenters. The van der Waals surface area contributed by atoms with Gasteiger partial charge in [0, 0.05) is 20.1 Å². The van der Waals surface area contributed by atoms with Gasteiger partial charge in [-0.3, -0.25) is 4.79 Å². The van der Waals surface area contributed by atoms with Crippen molar-refractivity contribution in [1.82, 2.24) is 5.32 Å². The summed E-state index contributed by atoms with van der Waals surface area (Å²) >= 11 is 0. The van der Waals surface area contributed by atoms with E-state index in [4.69, 9.17) is 9.47 Å². The molecule has 0 spiro atoms. The van der Waals surface area contributed by atoms with Crippen molar-refractivity contribution < 1.29 is 18.7 Å². The summed E-state index contributed by atoms with van der Waals surface area (Å²) in [5, 5.41) is 2.83. The minimum Gasteiger partial charge on any atom is -0.497 e. The molecule has 1 amide bonds. The van der Waals surface area contributed by atoms with Gasteiger partial charge in [0.25, 0.3) is 0 Å². The molecule has 0 aliphatic rings. The minimum atomic E-state index is -0.370. The maximum Gasteiger partial charge on any atom is 0.220 e. The Balaban J connectivity index is 1.80. The van der Waals surface area contributed by atoms with Gasteiger partial charge >= 0.3 is 0 Å². The van der Waals surface area contributed by atoms with Crippen LogP contribution < -0.4 is 10.1 Å². The van der Waals surface area contributed by atoms with Gasteiger partial charge in [0.1, 0.15) is 11.6 Å². The molecule has 0 aliphatic carbocycles. The zero-order valence-corrected chi connectivity index (χ0v) is 13.9. The largest absolute Gasteiger partial charge is 0.497 e. The van der Waals surface area contributed by atoms with Crippen molar-refractivity contribution in [3.05, 3.63) is 65.5 Å². The van der Waals surface area contributed by atoms with Crippen LogP contribution in [0, 0.1) is 5.82 Å². The predicted molar refractivity (Wildman–Crippen MR) is 90.5 cm³/mol. The Morgan fingerprint density at radius 2 is 1.92 bits per heavy atom. The second-order valence-electron chi connectivity index (χ2n) is 5.43. The summed E-state index contributed by atoms with van der Waals surface area (Å²) in [6.45, 7) is 0.307. The van der Waals surface area contributed by atoms with E-state index in [1.807, 2.05) is 24.3 Å². The standard InChI is InChI=1S/C19H22FNO3/c1-23-17-9-6-14(7-10-17)8-11-19(22)21-13-18(24-2)15-4-3-5-16(20)12-15/h3-7,9-10,12,18H,8,11,13H2,1-2H3,(H,21,22)/t18-/m0/s1. The molecule has 2 aromatic carbocycles. The zero-order valence-electron chi connectivity index (χ0n) is 13.9. The number of methoxy groups -OCH3 is 2. The van der Waals surface area contributed by atoms with Crippen LogP contribution in [0.25, 0.3) is 0 Å². The third-order valence-electron chi connectivity index (χ3n) is 3.79. The van der Waals surface area contributed by atoms with Crippen LogP contribution >= 0.6 is 0 Å². The minimum absolute atomic E-state index is 0.0655. The van der Waals surface area contributed by atoms with Gasteiger partial charge in [-0.2, -0.15) is 0 Å². The first kappa shape index (κ1) is 17.9. The van der Waals surface area contributed by atoms with Gasteiger partial charge in [-0.15, -0.1) is 0 Å². The summed E-state index contributed by atoms with van der Waals surface area (Å²) in [5.41, 5.74) is 1.77. The molecule has 1 N–H and O–H groups in total. The van der Waals surface area contributed by atoms with Crippen LogP contribution in [0.15, 0.2) is 48.5 Å². The van der Waals surface area contributed by atoms with Gasteiger partial charge in [-0.25, -0.2) is 4.39 Å². The third-order valence-corrected chi connectivity index (χ3v) is 3.79. The molecule has 128 valence electrons. The van der Waals surface area contributed by atoms with Crippen molar-refractivity contribution >= 4 is 5.91 Å². The van der Waals surface area contributed by atoms with E-state index in [1.165, 1.54) is 12.1 Å². The molecule has 5 heteroatoms. The van der Waals surface area contributed by atoms with E-state index in [-0.39, 0.29) is 17.8 Å². The van der Waals surface area contributed by atoms with Crippen LogP contribution in [-0.4, -0.2) is 26.7 Å². The highest BCUT2D eigenvalue weighted by Gasteiger charge is 2.12. The molecule has 0 fully saturated rings. The van der Waals surface area contributed by atoms with Crippen LogP contribution in [-0.2, 0) is 16.0 Å². The molecule has 0 saturated heterocycles. The average molecular weight is 331 g/mol. The summed E-state index contributed by atoms with van der Waals surface area (Å²) in [4.78, 5) is 12.0. The Morgan fingerprint density at radius 3 is 2.54 bits per heavy atom. The fourth-order valence-electron chi connectivity index (χ4n) is 2.39. The van der Waals surface area contributed by atoms with Gasteiger partial charge in [0.05, 0.1) is 13.2 Å². The molecule has 2 rings (SSSR count). The lowest BCUT2D eigenvalue weighted by Crippen LogP contribution is -2.29. The number of nitrogens with one attached hydrogen (secondary N) is 1. The first-order chi connectivity index (χ1) is 11.6. The lowest BCUT2D eigenvalue weighted by Gasteiger charge is -2.16. The molecule has 0 unspecified atom stereocenters. The first-order valence-corrected chi connectivity index (χ1v) is 7.80. The number of hydrogen-bond acceptors (Lipinski definition) is 3. The summed E-state index contributed by atoms with van der Waals surface area (Å²) < 4.78 is 23.7. The fraction of sp³-hybridized carbons (Fsp3) is 0.316. The normalized spacial score (nSPS) is 11.8. The molecule has 2 aromatic rings. The number of rotatable bonds is 8. The van der Waals surface area contributed by atoms with Gasteiger partial charge in [0.15, 0.2) is 0 Å². The molecule has 0 aromatic heterocycles. The van der Waals surface area contributed by atoms with Crippen molar-refractivity contribution in [3.63, 3.8) is 0 Å². The SMILES string of the molecule is COc1ccc(CCC(=O)NC[C@H](OC)c2cccc(F)c2)cc1. The molecule has 0 heterocycles. The number of hydrogen-bond donors (Lipinski definition) is 1. The van der Waals surface area contributed by atoms with Crippen LogP contribution in [0.3, 0.4) is 0 Å². The Labute approximate surface area is 141 Å². The molecule has 0 radical (unpaired) electrons. The second kappa shape index (κ2) is 9.03. The van der Waals surface area contributed by atoms with E-state index in [0.29, 0.717) is 24.9 Å². The number of carbonyl (C=O) groups excluding carboxylic acids is 1. The Morgan fingerprint density at radius 1 is 1.17 bits per heavy atom. The summed E-state index contributed by atoms with van der Waals surface area (Å²) in [5.74, 6) is 0.408. The van der Waals surface area contributed by atoms with E-state index in [9.17, 15) is 9.18 Å². The molecule has 24 heavy (non-hydrogen) atoms. The van der Waals surface area contributed by atoms with Crippen LogP contribution in [0.1, 0.15) is 23.7 Å². The van der Waals surface area contributed by atoms with Gasteiger partial charge < -0.3 is 14.8 Å². The lowest BCUT2D eigenvalue weighted by atomic mass is 10.1. The Hall–Kier alpha value is -2.40. The summed E-state index contributed by atoms with van der Waals surface area (Å²) in [6.07, 6.45) is 0.657. The van der Waals surface area contributed by atoms with Crippen molar-refractivity contribution in [2.75, 3.05) is 20.8 Å². The number of benzene rings is 2. The first-order valence-electron chi connectivity index (χ1n) is 7.80. The molecule has 0 aliphatic heterocycles. The molecule has 0 bridgehead atoms. The predicted octanol–water partition coefficient (Wildman–Crippen LogP) is 3.27. The van der Waals surface area contributed by atoms with Crippen LogP contribution in [0.2, 0.25) is 0 Å². The van der Waals surface area contributed by atoms with Crippen molar-refractivity contribution in [2.24, 2.45) is 0 Å². The van der Waals surface area contributed by atoms with Gasteiger partial charge in [-0.05, 0) is 41.8 Å². The monoisotopic (exact) mass is 331 g/mol. The smallest absolute Gasteiger partial charge is 0.220 e. The maximum absolute atomic E-state index is 13.3. The molecular formula is C19H22FNO3. The average Bonchev–Trinajstić information content (AvgIpc) is 2.61. The van der Waals surface area contributed by atoms with Gasteiger partial charge in [-0.1, -0.05) is 24.3 Å². The van der Waals surface area contributed by atoms with E-state index < -0.39 is 0 Å². The van der Waals surface area contributed by atoms with Crippen LogP contribution in [0.5, 0.6) is 5.75 Å². The van der Waals surface area contributed by atoms with E-state index in [2.05, 4.69) is 5.32 Å². The van der Waals surface area contributed by atoms with Gasteiger partial charge in [0.2, 0.25) is 5.91 Å². The Bertz CT molecular complexity index is 658. The summed E-state index contributed by atoms with van der Waals surface area (Å²) in [6, 6.07) is 13.8. The quantitative estimate of drug-likeness (QED) is 0.807. The topological polar surface area (TPSA) is 47.6 Å². The Kier molecular flexibility index (Phi) is 6.75. The number of ether oxygens (including phenoxy) is 2. The number of amides is 1. The number of aryl methyl sites for hydroxylation is 1. The van der Waals surface area contributed by atoms with E-state index in [1.54, 1.807) is 26.4 Å². The third kappa shape index (κ3) is 5.35. The van der Waals surface area contributed by atoms with Crippen molar-refractivity contribution in [3.8, 4) is 5.75 Å². The second-order valence-corrected chi connectivity index (χ2v) is 5.43. The fourth-order valence-corrected chi connectivity index (χ4v) is 2.39. The maximum atomic E-state index is 13.3. The van der Waals surface area contributed by atoms with Crippen LogP contribution in [0.4, 0.5) is 4.39 Å². The number of halogens is 1. The highest BCUT2D eigenvalue weighted by Crippen LogP contribution is 2.17. The molecule has 4 nitrogen and oxygen atoms in total. The lowest BCUT2D eigenvalue weighted by molar-refractivity contribution is -0.121. The zero-order chi connectivity index (χ0) is 17.4. The molecule has 0 saturated carbocycles. The highest BCUT2D eigenvalue weighted by atomic mass is 19.1. The highest BCUT2D eigenvalue weighted by molar-refractivity contribution is 5.76. The number of carbonyl (C=O) groups is 1. The van der Waals surface area contributed by atoms with E-state index >= 15 is 0 Å². The summed E-state index contributed by atoms with van der Waals surface area (Å²) in [7, 11) is 3.16. The van der Waals surface area contributed by atoms with E-state index in [0.717, 1.165) is 11.3 Å². The molecular weight excluding hydrogens is 309 g/mol.